The number of carbonyl (C=O) groups is 2. The molecule has 0 unspecified atom stereocenters. The molecule has 4 aromatic rings. The number of rotatable bonds is 12. The Morgan fingerprint density at radius 2 is 1.55 bits per heavy atom. The Morgan fingerprint density at radius 3 is 2.13 bits per heavy atom. The maximum atomic E-state index is 12.4. The first-order chi connectivity index (χ1) is 22.6. The van der Waals surface area contributed by atoms with Crippen molar-refractivity contribution in [1.29, 1.82) is 0 Å². The van der Waals surface area contributed by atoms with Gasteiger partial charge in [-0.15, -0.1) is 22.2 Å². The summed E-state index contributed by atoms with van der Waals surface area (Å²) in [4.78, 5) is 70.8. The lowest BCUT2D eigenvalue weighted by molar-refractivity contribution is 0.0952. The molecule has 0 spiro atoms. The van der Waals surface area contributed by atoms with Crippen LogP contribution in [0.5, 0.6) is 0 Å². The van der Waals surface area contributed by atoms with E-state index in [0.717, 1.165) is 16.7 Å². The molecule has 0 bridgehead atoms. The molecule has 1 amide bonds. The number of benzene rings is 3. The van der Waals surface area contributed by atoms with Crippen LogP contribution in [-0.4, -0.2) is 27.2 Å². The molecule has 0 saturated carbocycles. The van der Waals surface area contributed by atoms with Crippen molar-refractivity contribution in [3.63, 3.8) is 0 Å². The quantitative estimate of drug-likeness (QED) is 0.0645. The highest BCUT2D eigenvalue weighted by atomic mass is 35.5. The van der Waals surface area contributed by atoms with E-state index in [2.05, 4.69) is 45.2 Å². The molecular formula is C34H35ClN6O6. The van der Waals surface area contributed by atoms with Crippen molar-refractivity contribution in [2.75, 3.05) is 11.9 Å². The number of halogens is 1. The first kappa shape index (κ1) is 37.5. The number of aromatic nitrogens is 2. The van der Waals surface area contributed by atoms with Crippen molar-refractivity contribution in [2.24, 2.45) is 10.4 Å². The maximum Gasteiger partial charge on any atom is 0.329 e. The van der Waals surface area contributed by atoms with Gasteiger partial charge in [0.15, 0.2) is 0 Å². The number of nitroso groups, excluding NO2 is 2. The smallest absolute Gasteiger partial charge is 0.329 e. The number of carbonyl (C=O) groups excluding carboxylic acids is 2. The van der Waals surface area contributed by atoms with E-state index in [0.29, 0.717) is 30.8 Å². The third kappa shape index (κ3) is 12.3. The second-order valence-corrected chi connectivity index (χ2v) is 10.2. The fourth-order valence-corrected chi connectivity index (χ4v) is 4.29. The molecule has 12 nitrogen and oxygen atoms in total. The Kier molecular flexibility index (Phi) is 15.7. The molecule has 0 atom stereocenters. The Morgan fingerprint density at radius 1 is 0.936 bits per heavy atom. The SMILES string of the molecule is C#CC.CCc1cc(Nc2cc(=O)n(CCCCNC(=O)c3cccc(N=O)c3)c(=O)[nH]2)ccc1C.O=Nc1cccc(C(=O)Cl)c1. The highest BCUT2D eigenvalue weighted by Gasteiger charge is 2.08. The summed E-state index contributed by atoms with van der Waals surface area (Å²) in [5.41, 5.74) is 3.32. The minimum Gasteiger partial charge on any atom is -0.352 e. The molecule has 3 aromatic carbocycles. The Balaban J connectivity index is 0.000000456. The van der Waals surface area contributed by atoms with E-state index < -0.39 is 16.5 Å². The van der Waals surface area contributed by atoms with Crippen molar-refractivity contribution < 1.29 is 9.59 Å². The highest BCUT2D eigenvalue weighted by Crippen LogP contribution is 2.19. The van der Waals surface area contributed by atoms with Crippen molar-refractivity contribution >= 4 is 45.6 Å². The lowest BCUT2D eigenvalue weighted by Crippen LogP contribution is -2.35. The number of unbranched alkanes of at least 4 members (excludes halogenated alkanes) is 1. The van der Waals surface area contributed by atoms with Crippen molar-refractivity contribution in [1.82, 2.24) is 14.9 Å². The van der Waals surface area contributed by atoms with Gasteiger partial charge in [-0.25, -0.2) is 4.79 Å². The summed E-state index contributed by atoms with van der Waals surface area (Å²) in [6.07, 6.45) is 6.60. The van der Waals surface area contributed by atoms with Crippen LogP contribution in [0.3, 0.4) is 0 Å². The van der Waals surface area contributed by atoms with Gasteiger partial charge in [-0.1, -0.05) is 25.1 Å². The third-order valence-electron chi connectivity index (χ3n) is 6.52. The number of nitrogens with zero attached hydrogens (tertiary/aromatic N) is 3. The number of aryl methyl sites for hydroxylation is 2. The fourth-order valence-electron chi connectivity index (χ4n) is 4.17. The van der Waals surface area contributed by atoms with Gasteiger partial charge in [0.2, 0.25) is 0 Å². The second-order valence-electron chi connectivity index (χ2n) is 9.91. The molecular weight excluding hydrogens is 624 g/mol. The zero-order chi connectivity index (χ0) is 34.8. The van der Waals surface area contributed by atoms with E-state index in [1.165, 1.54) is 47.5 Å². The molecule has 0 fully saturated rings. The number of nitrogens with one attached hydrogen (secondary N) is 3. The number of hydrogen-bond donors (Lipinski definition) is 3. The van der Waals surface area contributed by atoms with E-state index >= 15 is 0 Å². The van der Waals surface area contributed by atoms with Gasteiger partial charge >= 0.3 is 5.69 Å². The Labute approximate surface area is 276 Å². The molecule has 0 aliphatic heterocycles. The van der Waals surface area contributed by atoms with Crippen LogP contribution < -0.4 is 21.9 Å². The number of aromatic amines is 1. The molecule has 13 heteroatoms. The van der Waals surface area contributed by atoms with Gasteiger partial charge < -0.3 is 10.6 Å². The molecule has 1 aromatic heterocycles. The highest BCUT2D eigenvalue weighted by molar-refractivity contribution is 6.67. The Bertz CT molecular complexity index is 1830. The molecule has 1 heterocycles. The van der Waals surface area contributed by atoms with Gasteiger partial charge in [-0.05, 0) is 115 Å². The molecule has 244 valence electrons. The van der Waals surface area contributed by atoms with E-state index in [1.807, 2.05) is 25.1 Å². The van der Waals surface area contributed by atoms with Gasteiger partial charge in [0, 0.05) is 36.0 Å². The average molecular weight is 659 g/mol. The Hall–Kier alpha value is -5.67. The van der Waals surface area contributed by atoms with Crippen LogP contribution in [0.15, 0.2) is 92.7 Å². The minimum absolute atomic E-state index is 0.187. The van der Waals surface area contributed by atoms with Crippen LogP contribution in [-0.2, 0) is 13.0 Å². The first-order valence-electron chi connectivity index (χ1n) is 14.5. The van der Waals surface area contributed by atoms with Crippen molar-refractivity contribution in [2.45, 2.75) is 46.6 Å². The van der Waals surface area contributed by atoms with Gasteiger partial charge in [-0.2, -0.15) is 0 Å². The summed E-state index contributed by atoms with van der Waals surface area (Å²) in [5, 5.41) is 10.7. The van der Waals surface area contributed by atoms with Gasteiger partial charge in [-0.3, -0.25) is 23.9 Å². The third-order valence-corrected chi connectivity index (χ3v) is 6.73. The summed E-state index contributed by atoms with van der Waals surface area (Å²) >= 11 is 5.15. The average Bonchev–Trinajstić information content (AvgIpc) is 3.07. The van der Waals surface area contributed by atoms with E-state index in [4.69, 9.17) is 11.6 Å². The van der Waals surface area contributed by atoms with Crippen molar-refractivity contribution in [3.8, 4) is 12.3 Å². The van der Waals surface area contributed by atoms with Crippen LogP contribution in [0, 0.1) is 29.1 Å². The predicted octanol–water partition coefficient (Wildman–Crippen LogP) is 6.86. The van der Waals surface area contributed by atoms with Gasteiger partial charge in [0.25, 0.3) is 16.7 Å². The number of terminal acetylenes is 1. The topological polar surface area (TPSA) is 172 Å². The monoisotopic (exact) mass is 658 g/mol. The number of amides is 1. The van der Waals surface area contributed by atoms with Gasteiger partial charge in [0.05, 0.1) is 0 Å². The summed E-state index contributed by atoms with van der Waals surface area (Å²) < 4.78 is 1.14. The standard InChI is InChI=1S/C24H27N5O4.C7H4ClNO2.C3H4/c1-3-17-13-19(10-9-16(17)2)26-21-15-22(30)29(24(32)27-21)12-5-4-11-25-23(31)18-7-6-8-20(14-18)28-33;8-7(10)5-2-1-3-6(4-5)9-11;1-3-2/h6-10,13-15,26H,3-5,11-12H2,1-2H3,(H,25,31)(H,27,32);1-4H;1H,2H3. The molecule has 0 aliphatic carbocycles. The summed E-state index contributed by atoms with van der Waals surface area (Å²) in [5.74, 6) is 2.28. The van der Waals surface area contributed by atoms with Crippen LogP contribution in [0.25, 0.3) is 0 Å². The van der Waals surface area contributed by atoms with E-state index in [-0.39, 0.29) is 29.4 Å². The predicted molar refractivity (Wildman–Crippen MR) is 185 cm³/mol. The zero-order valence-corrected chi connectivity index (χ0v) is 27.0. The largest absolute Gasteiger partial charge is 0.352 e. The maximum absolute atomic E-state index is 12.4. The van der Waals surface area contributed by atoms with E-state index in [1.54, 1.807) is 25.1 Å². The minimum atomic E-state index is -0.587. The molecule has 3 N–H and O–H groups in total. The molecule has 0 radical (unpaired) electrons. The van der Waals surface area contributed by atoms with Crippen LogP contribution in [0.2, 0.25) is 0 Å². The number of hydrogen-bond acceptors (Lipinski definition) is 9. The van der Waals surface area contributed by atoms with E-state index in [9.17, 15) is 29.0 Å². The zero-order valence-electron chi connectivity index (χ0n) is 26.2. The summed E-state index contributed by atoms with van der Waals surface area (Å²) in [7, 11) is 0. The summed E-state index contributed by atoms with van der Waals surface area (Å²) in [6.45, 7) is 6.37. The first-order valence-corrected chi connectivity index (χ1v) is 14.9. The summed E-state index contributed by atoms with van der Waals surface area (Å²) in [6, 6.07) is 19.3. The lowest BCUT2D eigenvalue weighted by Gasteiger charge is -2.11. The molecule has 0 saturated heterocycles. The van der Waals surface area contributed by atoms with Gasteiger partial charge in [0.1, 0.15) is 17.2 Å². The normalized spacial score (nSPS) is 9.77. The van der Waals surface area contributed by atoms with Crippen LogP contribution >= 0.6 is 11.6 Å². The fraction of sp³-hybridized carbons (Fsp3) is 0.235. The van der Waals surface area contributed by atoms with Crippen LogP contribution in [0.1, 0.15) is 58.5 Å². The number of anilines is 2. The lowest BCUT2D eigenvalue weighted by atomic mass is 10.1. The van der Waals surface area contributed by atoms with Crippen molar-refractivity contribution in [3.05, 3.63) is 126 Å². The molecule has 4 rings (SSSR count). The second kappa shape index (κ2) is 19.7. The number of H-pyrrole nitrogens is 1. The molecule has 47 heavy (non-hydrogen) atoms. The molecule has 0 aliphatic rings. The van der Waals surface area contributed by atoms with Crippen LogP contribution in [0.4, 0.5) is 22.9 Å².